The van der Waals surface area contributed by atoms with Crippen LogP contribution in [0.25, 0.3) is 11.0 Å². The number of hydrogen-bond acceptors (Lipinski definition) is 4. The highest BCUT2D eigenvalue weighted by Gasteiger charge is 2.42. The highest BCUT2D eigenvalue weighted by molar-refractivity contribution is 6.32. The smallest absolute Gasteiger partial charge is 0.291 e. The summed E-state index contributed by atoms with van der Waals surface area (Å²) >= 11 is 6.27. The lowest BCUT2D eigenvalue weighted by Crippen LogP contribution is -2.29. The molecule has 0 fully saturated rings. The van der Waals surface area contributed by atoms with Crippen molar-refractivity contribution in [3.05, 3.63) is 86.7 Å². The summed E-state index contributed by atoms with van der Waals surface area (Å²) in [6.07, 6.45) is 4.85. The highest BCUT2D eigenvalue weighted by Crippen LogP contribution is 2.39. The second kappa shape index (κ2) is 9.21. The molecule has 166 valence electrons. The number of hydrogen-bond donors (Lipinski definition) is 0. The molecule has 1 aromatic heterocycles. The summed E-state index contributed by atoms with van der Waals surface area (Å²) < 4.78 is 11.9. The van der Waals surface area contributed by atoms with Gasteiger partial charge in [0.15, 0.2) is 5.43 Å². The molecule has 1 atom stereocenters. The van der Waals surface area contributed by atoms with Gasteiger partial charge in [0.05, 0.1) is 23.6 Å². The molecular formula is C26H26ClNO4. The van der Waals surface area contributed by atoms with Gasteiger partial charge < -0.3 is 14.1 Å². The Hall–Kier alpha value is -3.05. The molecule has 2 aromatic carbocycles. The Kier molecular flexibility index (Phi) is 6.38. The Morgan fingerprint density at radius 1 is 1.22 bits per heavy atom. The molecule has 0 N–H and O–H groups in total. The van der Waals surface area contributed by atoms with E-state index in [0.717, 1.165) is 30.4 Å². The molecule has 5 nitrogen and oxygen atoms in total. The van der Waals surface area contributed by atoms with Gasteiger partial charge in [0.2, 0.25) is 5.76 Å². The van der Waals surface area contributed by atoms with E-state index in [2.05, 4.69) is 13.5 Å². The highest BCUT2D eigenvalue weighted by atomic mass is 35.5. The fourth-order valence-corrected chi connectivity index (χ4v) is 4.29. The van der Waals surface area contributed by atoms with Gasteiger partial charge in [0, 0.05) is 11.6 Å². The topological polar surface area (TPSA) is 59.8 Å². The average molecular weight is 452 g/mol. The van der Waals surface area contributed by atoms with Gasteiger partial charge in [-0.15, -0.1) is 6.58 Å². The minimum Gasteiger partial charge on any atom is -0.494 e. The second-order valence-corrected chi connectivity index (χ2v) is 8.46. The maximum absolute atomic E-state index is 13.5. The van der Waals surface area contributed by atoms with Crippen molar-refractivity contribution >= 4 is 28.5 Å². The van der Waals surface area contributed by atoms with Gasteiger partial charge in [-0.3, -0.25) is 9.59 Å². The van der Waals surface area contributed by atoms with Crippen molar-refractivity contribution in [3.63, 3.8) is 0 Å². The number of ether oxygens (including phenoxy) is 1. The summed E-state index contributed by atoms with van der Waals surface area (Å²) in [5, 5.41) is 0.848. The van der Waals surface area contributed by atoms with Crippen LogP contribution in [0.15, 0.2) is 58.3 Å². The van der Waals surface area contributed by atoms with Crippen molar-refractivity contribution in [1.29, 1.82) is 0 Å². The van der Waals surface area contributed by atoms with Gasteiger partial charge in [0.25, 0.3) is 5.91 Å². The van der Waals surface area contributed by atoms with Crippen LogP contribution in [0.3, 0.4) is 0 Å². The van der Waals surface area contributed by atoms with E-state index in [1.54, 1.807) is 23.1 Å². The van der Waals surface area contributed by atoms with Crippen LogP contribution in [0.2, 0.25) is 5.02 Å². The minimum absolute atomic E-state index is 0.0744. The van der Waals surface area contributed by atoms with Gasteiger partial charge >= 0.3 is 0 Å². The van der Waals surface area contributed by atoms with Gasteiger partial charge in [0.1, 0.15) is 11.3 Å². The number of rotatable bonds is 8. The number of carbonyl (C=O) groups is 1. The predicted octanol–water partition coefficient (Wildman–Crippen LogP) is 6.06. The van der Waals surface area contributed by atoms with Crippen molar-refractivity contribution < 1.29 is 13.9 Å². The first-order chi connectivity index (χ1) is 15.5. The molecule has 0 bridgehead atoms. The molecule has 2 heterocycles. The quantitative estimate of drug-likeness (QED) is 0.308. The van der Waals surface area contributed by atoms with Crippen LogP contribution in [0.4, 0.5) is 0 Å². The third-order valence-corrected chi connectivity index (χ3v) is 6.17. The zero-order valence-corrected chi connectivity index (χ0v) is 19.1. The number of halogens is 1. The lowest BCUT2D eigenvalue weighted by molar-refractivity contribution is 0.0748. The Labute approximate surface area is 192 Å². The molecular weight excluding hydrogens is 426 g/mol. The van der Waals surface area contributed by atoms with Gasteiger partial charge in [-0.05, 0) is 48.7 Å². The molecule has 1 aliphatic rings. The first kappa shape index (κ1) is 22.2. The molecule has 0 radical (unpaired) electrons. The van der Waals surface area contributed by atoms with Crippen molar-refractivity contribution in [2.45, 2.75) is 39.2 Å². The van der Waals surface area contributed by atoms with Crippen molar-refractivity contribution in [1.82, 2.24) is 4.90 Å². The number of benzene rings is 2. The third kappa shape index (κ3) is 3.93. The molecule has 1 amide bonds. The maximum atomic E-state index is 13.5. The Bertz CT molecular complexity index is 1250. The molecule has 0 spiro atoms. The molecule has 1 aliphatic heterocycles. The largest absolute Gasteiger partial charge is 0.494 e. The van der Waals surface area contributed by atoms with E-state index >= 15 is 0 Å². The number of fused-ring (bicyclic) bond motifs is 2. The third-order valence-electron chi connectivity index (χ3n) is 5.76. The average Bonchev–Trinajstić information content (AvgIpc) is 3.05. The summed E-state index contributed by atoms with van der Waals surface area (Å²) in [6.45, 7) is 8.66. The number of aryl methyl sites for hydroxylation is 1. The molecule has 6 heteroatoms. The van der Waals surface area contributed by atoms with Crippen LogP contribution < -0.4 is 10.2 Å². The Morgan fingerprint density at radius 2 is 2.03 bits per heavy atom. The summed E-state index contributed by atoms with van der Waals surface area (Å²) in [4.78, 5) is 28.4. The first-order valence-electron chi connectivity index (χ1n) is 10.9. The normalized spacial score (nSPS) is 15.3. The molecule has 32 heavy (non-hydrogen) atoms. The molecule has 4 rings (SSSR count). The fraction of sp³-hybridized carbons (Fsp3) is 0.308. The van der Waals surface area contributed by atoms with E-state index in [1.807, 2.05) is 31.2 Å². The molecule has 0 aliphatic carbocycles. The van der Waals surface area contributed by atoms with E-state index in [9.17, 15) is 9.59 Å². The summed E-state index contributed by atoms with van der Waals surface area (Å²) in [6, 6.07) is 10.3. The van der Waals surface area contributed by atoms with E-state index in [-0.39, 0.29) is 23.6 Å². The fourth-order valence-electron chi connectivity index (χ4n) is 4.13. The summed E-state index contributed by atoms with van der Waals surface area (Å²) in [7, 11) is 0. The van der Waals surface area contributed by atoms with Crippen molar-refractivity contribution in [2.24, 2.45) is 0 Å². The lowest BCUT2D eigenvalue weighted by atomic mass is 9.98. The van der Waals surface area contributed by atoms with Gasteiger partial charge in [-0.2, -0.15) is 0 Å². The minimum atomic E-state index is -0.588. The predicted molar refractivity (Wildman–Crippen MR) is 127 cm³/mol. The zero-order valence-electron chi connectivity index (χ0n) is 18.3. The second-order valence-electron chi connectivity index (χ2n) is 8.05. The first-order valence-corrected chi connectivity index (χ1v) is 11.3. The lowest BCUT2D eigenvalue weighted by Gasteiger charge is -2.24. The standard InChI is InChI=1S/C26H26ClNO4/c1-4-6-7-12-31-18-10-8-9-17(14-18)23-22-24(29)19-15-20(27)16(3)13-21(19)32-25(22)26(30)28(23)11-5-2/h5,8-10,13-15,23H,2,4,6-7,11-12H2,1,3H3. The number of nitrogens with zero attached hydrogens (tertiary/aromatic N) is 1. The Balaban J connectivity index is 1.83. The van der Waals surface area contributed by atoms with E-state index in [4.69, 9.17) is 20.8 Å². The van der Waals surface area contributed by atoms with E-state index in [1.165, 1.54) is 0 Å². The van der Waals surface area contributed by atoms with Crippen LogP contribution >= 0.6 is 11.6 Å². The summed E-state index contributed by atoms with van der Waals surface area (Å²) in [5.41, 5.74) is 2.00. The van der Waals surface area contributed by atoms with Crippen LogP contribution in [0.1, 0.15) is 59.5 Å². The number of carbonyl (C=O) groups excluding carboxylic acids is 1. The van der Waals surface area contributed by atoms with Crippen molar-refractivity contribution in [3.8, 4) is 5.75 Å². The van der Waals surface area contributed by atoms with Gasteiger partial charge in [-0.25, -0.2) is 0 Å². The Morgan fingerprint density at radius 3 is 2.78 bits per heavy atom. The monoisotopic (exact) mass is 451 g/mol. The zero-order chi connectivity index (χ0) is 22.8. The van der Waals surface area contributed by atoms with Gasteiger partial charge in [-0.1, -0.05) is 49.6 Å². The summed E-state index contributed by atoms with van der Waals surface area (Å²) in [5.74, 6) is 0.456. The SMILES string of the molecule is C=CCN1C(=O)c2oc3cc(C)c(Cl)cc3c(=O)c2C1c1cccc(OCCCCC)c1. The number of amides is 1. The molecule has 0 saturated heterocycles. The van der Waals surface area contributed by atoms with Crippen LogP contribution in [-0.4, -0.2) is 24.0 Å². The molecule has 1 unspecified atom stereocenters. The number of unbranched alkanes of at least 4 members (excludes halogenated alkanes) is 2. The maximum Gasteiger partial charge on any atom is 0.291 e. The van der Waals surface area contributed by atoms with E-state index in [0.29, 0.717) is 33.9 Å². The van der Waals surface area contributed by atoms with Crippen LogP contribution in [-0.2, 0) is 0 Å². The van der Waals surface area contributed by atoms with Crippen LogP contribution in [0.5, 0.6) is 5.75 Å². The van der Waals surface area contributed by atoms with Crippen molar-refractivity contribution in [2.75, 3.05) is 13.2 Å². The molecule has 3 aromatic rings. The van der Waals surface area contributed by atoms with E-state index < -0.39 is 6.04 Å². The molecule has 0 saturated carbocycles. The van der Waals surface area contributed by atoms with Crippen LogP contribution in [0, 0.1) is 6.92 Å².